The molecule has 1 aromatic carbocycles. The van der Waals surface area contributed by atoms with Gasteiger partial charge in [0.25, 0.3) is 5.92 Å². The summed E-state index contributed by atoms with van der Waals surface area (Å²) >= 11 is 0.684. The molecule has 4 aromatic rings. The van der Waals surface area contributed by atoms with Crippen molar-refractivity contribution in [2.75, 3.05) is 32.1 Å². The molecule has 15 heteroatoms. The fraction of sp³-hybridized carbons (Fsp3) is 0.346. The minimum atomic E-state index is -2.94. The maximum Gasteiger partial charge on any atom is 0.409 e. The molecule has 1 fully saturated rings. The van der Waals surface area contributed by atoms with Gasteiger partial charge in [0, 0.05) is 42.0 Å². The van der Waals surface area contributed by atoms with Crippen LogP contribution in [0, 0.1) is 28.9 Å². The van der Waals surface area contributed by atoms with E-state index in [9.17, 15) is 28.3 Å². The highest BCUT2D eigenvalue weighted by atomic mass is 32.1. The largest absolute Gasteiger partial charge is 0.465 e. The molecule has 1 unspecified atom stereocenters. The summed E-state index contributed by atoms with van der Waals surface area (Å²) in [5.41, 5.74) is 0.321. The van der Waals surface area contributed by atoms with E-state index >= 15 is 4.39 Å². The third-order valence-corrected chi connectivity index (χ3v) is 8.40. The second-order valence-corrected chi connectivity index (χ2v) is 10.9. The van der Waals surface area contributed by atoms with Gasteiger partial charge >= 0.3 is 12.1 Å². The fourth-order valence-corrected chi connectivity index (χ4v) is 6.30. The van der Waals surface area contributed by atoms with Crippen molar-refractivity contribution in [1.29, 1.82) is 5.26 Å². The predicted molar refractivity (Wildman–Crippen MR) is 139 cm³/mol. The zero-order chi connectivity index (χ0) is 29.1. The average molecular weight is 589 g/mol. The number of likely N-dealkylation sites (tertiary alicyclic amines) is 1. The number of hydrogen-bond donors (Lipinski definition) is 2. The molecule has 0 saturated carbocycles. The SMILES string of the molecule is CN1CCC(F)(F)C(COc2ncc3c4c(c(-c5ncc(F)c6sc(NC(=O)O)c(C#N)c56)c(F)c3n2)COC4)C1. The molecule has 3 aromatic heterocycles. The summed E-state index contributed by atoms with van der Waals surface area (Å²) in [6.07, 6.45) is 0.422. The number of amides is 1. The number of benzene rings is 1. The Morgan fingerprint density at radius 1 is 1.32 bits per heavy atom. The molecule has 1 amide bonds. The number of carboxylic acid groups (broad SMARTS) is 1. The number of ether oxygens (including phenoxy) is 2. The Bertz CT molecular complexity index is 1780. The number of fused-ring (bicyclic) bond motifs is 4. The van der Waals surface area contributed by atoms with Crippen LogP contribution >= 0.6 is 11.3 Å². The first kappa shape index (κ1) is 27.1. The van der Waals surface area contributed by atoms with Crippen LogP contribution in [0.1, 0.15) is 23.1 Å². The van der Waals surface area contributed by atoms with Crippen LogP contribution < -0.4 is 10.1 Å². The van der Waals surface area contributed by atoms with Crippen LogP contribution in [0.2, 0.25) is 0 Å². The van der Waals surface area contributed by atoms with E-state index in [-0.39, 0.29) is 82.8 Å². The first-order chi connectivity index (χ1) is 19.6. The van der Waals surface area contributed by atoms with E-state index in [2.05, 4.69) is 20.3 Å². The molecule has 2 aliphatic rings. The fourth-order valence-electron chi connectivity index (χ4n) is 5.26. The number of halogens is 4. The van der Waals surface area contributed by atoms with Crippen molar-refractivity contribution >= 4 is 43.4 Å². The number of carbonyl (C=O) groups is 1. The van der Waals surface area contributed by atoms with E-state index in [1.807, 2.05) is 6.07 Å². The van der Waals surface area contributed by atoms with E-state index < -0.39 is 29.6 Å². The predicted octanol–water partition coefficient (Wildman–Crippen LogP) is 5.14. The Morgan fingerprint density at radius 2 is 2.10 bits per heavy atom. The van der Waals surface area contributed by atoms with Crippen molar-refractivity contribution in [3.8, 4) is 23.3 Å². The lowest BCUT2D eigenvalue weighted by atomic mass is 9.94. The monoisotopic (exact) mass is 588 g/mol. The summed E-state index contributed by atoms with van der Waals surface area (Å²) in [6, 6.07) is 1.56. The van der Waals surface area contributed by atoms with Gasteiger partial charge in [-0.1, -0.05) is 0 Å². The Kier molecular flexibility index (Phi) is 6.63. The number of hydrogen-bond acceptors (Lipinski definition) is 9. The van der Waals surface area contributed by atoms with Crippen LogP contribution in [-0.2, 0) is 18.0 Å². The zero-order valence-corrected chi connectivity index (χ0v) is 22.1. The lowest BCUT2D eigenvalue weighted by molar-refractivity contribution is -0.113. The van der Waals surface area contributed by atoms with Crippen LogP contribution in [0.3, 0.4) is 0 Å². The molecule has 5 heterocycles. The molecule has 2 N–H and O–H groups in total. The summed E-state index contributed by atoms with van der Waals surface area (Å²) < 4.78 is 71.1. The number of piperidine rings is 1. The van der Waals surface area contributed by atoms with Crippen LogP contribution in [0.4, 0.5) is 27.4 Å². The normalized spacial score (nSPS) is 18.4. The number of nitriles is 1. The summed E-state index contributed by atoms with van der Waals surface area (Å²) in [5.74, 6) is -5.75. The van der Waals surface area contributed by atoms with Gasteiger partial charge in [-0.25, -0.2) is 27.3 Å². The van der Waals surface area contributed by atoms with Crippen molar-refractivity contribution < 1.29 is 36.9 Å². The van der Waals surface area contributed by atoms with Gasteiger partial charge in [-0.3, -0.25) is 10.3 Å². The van der Waals surface area contributed by atoms with Gasteiger partial charge < -0.3 is 19.5 Å². The van der Waals surface area contributed by atoms with E-state index in [1.165, 1.54) is 6.20 Å². The highest BCUT2D eigenvalue weighted by molar-refractivity contribution is 7.23. The molecule has 10 nitrogen and oxygen atoms in total. The van der Waals surface area contributed by atoms with E-state index in [1.54, 1.807) is 11.9 Å². The second kappa shape index (κ2) is 10.1. The Morgan fingerprint density at radius 3 is 2.85 bits per heavy atom. The van der Waals surface area contributed by atoms with Crippen molar-refractivity contribution in [3.05, 3.63) is 40.7 Å². The third kappa shape index (κ3) is 4.57. The summed E-state index contributed by atoms with van der Waals surface area (Å²) in [6.45, 7) is 0.0382. The quantitative estimate of drug-likeness (QED) is 0.304. The highest BCUT2D eigenvalue weighted by Gasteiger charge is 2.43. The molecule has 2 aliphatic heterocycles. The van der Waals surface area contributed by atoms with Gasteiger partial charge in [0.2, 0.25) is 0 Å². The molecule has 212 valence electrons. The number of anilines is 1. The smallest absolute Gasteiger partial charge is 0.409 e. The van der Waals surface area contributed by atoms with Crippen LogP contribution in [-0.4, -0.2) is 63.7 Å². The summed E-state index contributed by atoms with van der Waals surface area (Å²) in [4.78, 5) is 25.5. The third-order valence-electron chi connectivity index (χ3n) is 7.29. The van der Waals surface area contributed by atoms with Crippen molar-refractivity contribution in [3.63, 3.8) is 0 Å². The molecule has 1 atom stereocenters. The Labute approximate surface area is 233 Å². The lowest BCUT2D eigenvalue weighted by Crippen LogP contribution is -2.47. The van der Waals surface area contributed by atoms with Gasteiger partial charge in [0.15, 0.2) is 11.6 Å². The summed E-state index contributed by atoms with van der Waals surface area (Å²) in [7, 11) is 1.74. The van der Waals surface area contributed by atoms with Gasteiger partial charge in [-0.2, -0.15) is 10.2 Å². The Balaban J connectivity index is 1.49. The number of rotatable bonds is 5. The van der Waals surface area contributed by atoms with Gasteiger partial charge in [-0.15, -0.1) is 11.3 Å². The zero-order valence-electron chi connectivity index (χ0n) is 21.3. The molecule has 41 heavy (non-hydrogen) atoms. The minimum absolute atomic E-state index is 0.0210. The average Bonchev–Trinajstić information content (AvgIpc) is 3.55. The van der Waals surface area contributed by atoms with E-state index in [0.29, 0.717) is 27.8 Å². The van der Waals surface area contributed by atoms with Gasteiger partial charge in [0.05, 0.1) is 41.3 Å². The number of aromatic nitrogens is 3. The molecule has 0 radical (unpaired) electrons. The minimum Gasteiger partial charge on any atom is -0.465 e. The Hall–Kier alpha value is -4.13. The topological polar surface area (TPSA) is 133 Å². The molecule has 0 bridgehead atoms. The first-order valence-electron chi connectivity index (χ1n) is 12.4. The van der Waals surface area contributed by atoms with Crippen molar-refractivity contribution in [2.45, 2.75) is 25.6 Å². The number of alkyl halides is 2. The van der Waals surface area contributed by atoms with Crippen molar-refractivity contribution in [2.24, 2.45) is 5.92 Å². The maximum atomic E-state index is 16.4. The first-order valence-corrected chi connectivity index (χ1v) is 13.2. The molecule has 6 rings (SSSR count). The van der Waals surface area contributed by atoms with Gasteiger partial charge in [-0.05, 0) is 18.2 Å². The van der Waals surface area contributed by atoms with Gasteiger partial charge in [0.1, 0.15) is 23.2 Å². The molecular formula is C26H20F4N6O4S. The number of nitrogens with zero attached hydrogens (tertiary/aromatic N) is 5. The van der Waals surface area contributed by atoms with E-state index in [4.69, 9.17) is 9.47 Å². The van der Waals surface area contributed by atoms with Crippen molar-refractivity contribution in [1.82, 2.24) is 19.9 Å². The molecule has 0 aliphatic carbocycles. The molecular weight excluding hydrogens is 568 g/mol. The number of nitrogens with one attached hydrogen (secondary N) is 1. The second-order valence-electron chi connectivity index (χ2n) is 9.84. The standard InChI is InChI=1S/C26H20F4N6O4S/c1-36-3-2-26(29,30)11(7-36)8-40-24-33-5-13-14-9-39-10-15(14)17(19(28)20(13)34-24)21-18-12(4-31)23(35-25(37)38)41-22(18)16(27)6-32-21/h5-6,11,35H,2-3,7-10H2,1H3,(H,37,38). The highest BCUT2D eigenvalue weighted by Crippen LogP contribution is 2.45. The maximum absolute atomic E-state index is 16.4. The lowest BCUT2D eigenvalue weighted by Gasteiger charge is -2.36. The van der Waals surface area contributed by atoms with Crippen LogP contribution in [0.15, 0.2) is 12.4 Å². The van der Waals surface area contributed by atoms with E-state index in [0.717, 1.165) is 6.20 Å². The van der Waals surface area contributed by atoms with Crippen LogP contribution in [0.5, 0.6) is 6.01 Å². The number of thiophene rings is 1. The molecule has 0 spiro atoms. The van der Waals surface area contributed by atoms with Crippen LogP contribution in [0.25, 0.3) is 32.2 Å². The molecule has 1 saturated heterocycles. The number of pyridine rings is 1. The summed E-state index contributed by atoms with van der Waals surface area (Å²) in [5, 5.41) is 21.2.